The smallest absolute Gasteiger partial charge is 0.326 e. The third kappa shape index (κ3) is 4.08. The maximum Gasteiger partial charge on any atom is 0.326 e. The molecule has 1 amide bonds. The number of carboxylic acids is 1. The van der Waals surface area contributed by atoms with Crippen LogP contribution in [-0.4, -0.2) is 29.1 Å². The molecule has 0 aliphatic rings. The van der Waals surface area contributed by atoms with Crippen LogP contribution >= 0.6 is 0 Å². The second-order valence-electron chi connectivity index (χ2n) is 3.88. The summed E-state index contributed by atoms with van der Waals surface area (Å²) in [5.74, 6) is -0.908. The Morgan fingerprint density at radius 3 is 2.44 bits per heavy atom. The molecule has 5 nitrogen and oxygen atoms in total. The average molecular weight is 251 g/mol. The second kappa shape index (κ2) is 6.64. The van der Waals surface area contributed by atoms with Gasteiger partial charge in [0.05, 0.1) is 0 Å². The lowest BCUT2D eigenvalue weighted by Crippen LogP contribution is -2.45. The topological polar surface area (TPSA) is 75.6 Å². The third-order valence-corrected chi connectivity index (χ3v) is 2.45. The summed E-state index contributed by atoms with van der Waals surface area (Å²) in [6.07, 6.45) is -0.403. The van der Waals surface area contributed by atoms with E-state index in [1.54, 1.807) is 38.1 Å². The Balaban J connectivity index is 2.54. The van der Waals surface area contributed by atoms with Crippen molar-refractivity contribution in [3.63, 3.8) is 0 Å². The van der Waals surface area contributed by atoms with E-state index in [9.17, 15) is 9.59 Å². The van der Waals surface area contributed by atoms with Crippen LogP contribution in [0.25, 0.3) is 0 Å². The molecule has 5 heteroatoms. The van der Waals surface area contributed by atoms with Crippen molar-refractivity contribution in [1.29, 1.82) is 0 Å². The fourth-order valence-electron chi connectivity index (χ4n) is 1.38. The quantitative estimate of drug-likeness (QED) is 0.802. The SMILES string of the molecule is CCC(NC(=O)C(C)Oc1ccccc1)C(=O)O. The van der Waals surface area contributed by atoms with Crippen LogP contribution < -0.4 is 10.1 Å². The van der Waals surface area contributed by atoms with Gasteiger partial charge in [-0.2, -0.15) is 0 Å². The molecule has 0 spiro atoms. The van der Waals surface area contributed by atoms with Gasteiger partial charge in [0.1, 0.15) is 11.8 Å². The van der Waals surface area contributed by atoms with Crippen LogP contribution in [0.1, 0.15) is 20.3 Å². The number of amides is 1. The van der Waals surface area contributed by atoms with Crippen molar-refractivity contribution in [2.24, 2.45) is 0 Å². The standard InChI is InChI=1S/C13H17NO4/c1-3-11(13(16)17)14-12(15)9(2)18-10-7-5-4-6-8-10/h4-9,11H,3H2,1-2H3,(H,14,15)(H,16,17). The van der Waals surface area contributed by atoms with Crippen LogP contribution in [0.3, 0.4) is 0 Å². The molecule has 0 aliphatic heterocycles. The maximum absolute atomic E-state index is 11.7. The summed E-state index contributed by atoms with van der Waals surface area (Å²) in [6, 6.07) is 8.03. The predicted molar refractivity (Wildman–Crippen MR) is 66.4 cm³/mol. The fourth-order valence-corrected chi connectivity index (χ4v) is 1.38. The number of carbonyl (C=O) groups is 2. The first-order chi connectivity index (χ1) is 8.54. The minimum atomic E-state index is -1.04. The molecule has 2 N–H and O–H groups in total. The van der Waals surface area contributed by atoms with Crippen molar-refractivity contribution in [3.8, 4) is 5.75 Å². The molecule has 2 atom stereocenters. The van der Waals surface area contributed by atoms with E-state index in [0.717, 1.165) is 0 Å². The van der Waals surface area contributed by atoms with Crippen molar-refractivity contribution in [1.82, 2.24) is 5.32 Å². The van der Waals surface area contributed by atoms with Gasteiger partial charge in [0.25, 0.3) is 5.91 Å². The molecule has 0 aliphatic carbocycles. The van der Waals surface area contributed by atoms with E-state index in [2.05, 4.69) is 5.32 Å². The summed E-state index contributed by atoms with van der Waals surface area (Å²) in [5, 5.41) is 11.3. The molecule has 18 heavy (non-hydrogen) atoms. The molecule has 1 aromatic rings. The Hall–Kier alpha value is -2.04. The number of benzene rings is 1. The lowest BCUT2D eigenvalue weighted by Gasteiger charge is -2.17. The third-order valence-electron chi connectivity index (χ3n) is 2.45. The highest BCUT2D eigenvalue weighted by atomic mass is 16.5. The zero-order chi connectivity index (χ0) is 13.5. The van der Waals surface area contributed by atoms with Crippen molar-refractivity contribution in [2.45, 2.75) is 32.4 Å². The van der Waals surface area contributed by atoms with Gasteiger partial charge in [0.15, 0.2) is 6.10 Å². The van der Waals surface area contributed by atoms with Gasteiger partial charge >= 0.3 is 5.97 Å². The zero-order valence-electron chi connectivity index (χ0n) is 10.4. The average Bonchev–Trinajstić information content (AvgIpc) is 2.36. The highest BCUT2D eigenvalue weighted by Gasteiger charge is 2.22. The summed E-state index contributed by atoms with van der Waals surface area (Å²) < 4.78 is 5.40. The maximum atomic E-state index is 11.7. The Morgan fingerprint density at radius 1 is 1.33 bits per heavy atom. The monoisotopic (exact) mass is 251 g/mol. The Kier molecular flexibility index (Phi) is 5.17. The fraction of sp³-hybridized carbons (Fsp3) is 0.385. The molecule has 0 radical (unpaired) electrons. The Morgan fingerprint density at radius 2 is 1.94 bits per heavy atom. The number of rotatable bonds is 6. The van der Waals surface area contributed by atoms with Gasteiger partial charge < -0.3 is 15.2 Å². The van der Waals surface area contributed by atoms with E-state index in [0.29, 0.717) is 12.2 Å². The molecule has 0 saturated heterocycles. The lowest BCUT2D eigenvalue weighted by molar-refractivity contribution is -0.143. The van der Waals surface area contributed by atoms with Crippen molar-refractivity contribution < 1.29 is 19.4 Å². The molecule has 2 unspecified atom stereocenters. The lowest BCUT2D eigenvalue weighted by atomic mass is 10.2. The normalized spacial score (nSPS) is 13.4. The van der Waals surface area contributed by atoms with E-state index >= 15 is 0 Å². The molecule has 0 aromatic heterocycles. The van der Waals surface area contributed by atoms with Gasteiger partial charge in [-0.1, -0.05) is 25.1 Å². The van der Waals surface area contributed by atoms with Crippen LogP contribution in [0.4, 0.5) is 0 Å². The van der Waals surface area contributed by atoms with Gasteiger partial charge in [0, 0.05) is 0 Å². The molecule has 0 fully saturated rings. The van der Waals surface area contributed by atoms with Gasteiger partial charge in [-0.3, -0.25) is 4.79 Å². The molecular formula is C13H17NO4. The minimum absolute atomic E-state index is 0.332. The number of hydrogen-bond donors (Lipinski definition) is 2. The van der Waals surface area contributed by atoms with Gasteiger partial charge in [-0.15, -0.1) is 0 Å². The number of aliphatic carboxylic acids is 1. The van der Waals surface area contributed by atoms with Gasteiger partial charge in [-0.25, -0.2) is 4.79 Å². The highest BCUT2D eigenvalue weighted by Crippen LogP contribution is 2.10. The number of carbonyl (C=O) groups excluding carboxylic acids is 1. The molecule has 1 rings (SSSR count). The van der Waals surface area contributed by atoms with E-state index in [1.165, 1.54) is 0 Å². The van der Waals surface area contributed by atoms with Gasteiger partial charge in [-0.05, 0) is 25.5 Å². The number of carboxylic acid groups (broad SMARTS) is 1. The molecular weight excluding hydrogens is 234 g/mol. The second-order valence-corrected chi connectivity index (χ2v) is 3.88. The van der Waals surface area contributed by atoms with E-state index in [-0.39, 0.29) is 0 Å². The first-order valence-corrected chi connectivity index (χ1v) is 5.79. The van der Waals surface area contributed by atoms with Crippen molar-refractivity contribution >= 4 is 11.9 Å². The summed E-state index contributed by atoms with van der Waals surface area (Å²) in [7, 11) is 0. The van der Waals surface area contributed by atoms with Crippen LogP contribution in [0.5, 0.6) is 5.75 Å². The summed E-state index contributed by atoms with van der Waals surface area (Å²) in [5.41, 5.74) is 0. The summed E-state index contributed by atoms with van der Waals surface area (Å²) >= 11 is 0. The first kappa shape index (κ1) is 14.0. The Labute approximate surface area is 106 Å². The van der Waals surface area contributed by atoms with Crippen molar-refractivity contribution in [2.75, 3.05) is 0 Å². The number of para-hydroxylation sites is 1. The molecule has 0 saturated carbocycles. The van der Waals surface area contributed by atoms with Crippen LogP contribution in [0.15, 0.2) is 30.3 Å². The van der Waals surface area contributed by atoms with Gasteiger partial charge in [0.2, 0.25) is 0 Å². The summed E-state index contributed by atoms with van der Waals surface area (Å²) in [6.45, 7) is 3.28. The zero-order valence-corrected chi connectivity index (χ0v) is 10.4. The van der Waals surface area contributed by atoms with Crippen LogP contribution in [0.2, 0.25) is 0 Å². The van der Waals surface area contributed by atoms with E-state index in [1.807, 2.05) is 6.07 Å². The van der Waals surface area contributed by atoms with E-state index in [4.69, 9.17) is 9.84 Å². The first-order valence-electron chi connectivity index (χ1n) is 5.79. The molecule has 98 valence electrons. The largest absolute Gasteiger partial charge is 0.481 e. The predicted octanol–water partition coefficient (Wildman–Crippen LogP) is 1.43. The molecule has 0 heterocycles. The highest BCUT2D eigenvalue weighted by molar-refractivity contribution is 5.86. The van der Waals surface area contributed by atoms with Crippen LogP contribution in [-0.2, 0) is 9.59 Å². The van der Waals surface area contributed by atoms with E-state index < -0.39 is 24.0 Å². The Bertz CT molecular complexity index is 405. The number of ether oxygens (including phenoxy) is 1. The van der Waals surface area contributed by atoms with Crippen molar-refractivity contribution in [3.05, 3.63) is 30.3 Å². The molecule has 1 aromatic carbocycles. The van der Waals surface area contributed by atoms with Crippen LogP contribution in [0, 0.1) is 0 Å². The number of nitrogens with one attached hydrogen (secondary N) is 1. The number of hydrogen-bond acceptors (Lipinski definition) is 3. The minimum Gasteiger partial charge on any atom is -0.481 e. The molecule has 0 bridgehead atoms. The summed E-state index contributed by atoms with van der Waals surface area (Å²) in [4.78, 5) is 22.5.